The maximum Gasteiger partial charge on any atom is 0.230 e. The Balaban J connectivity index is 1.53. The molecule has 29 heavy (non-hydrogen) atoms. The van der Waals surface area contributed by atoms with E-state index in [1.165, 1.54) is 17.3 Å². The van der Waals surface area contributed by atoms with Crippen molar-refractivity contribution < 1.29 is 9.90 Å². The molecule has 3 aromatic rings. The van der Waals surface area contributed by atoms with Gasteiger partial charge in [-0.2, -0.15) is 0 Å². The summed E-state index contributed by atoms with van der Waals surface area (Å²) >= 11 is 7.14. The van der Waals surface area contributed by atoms with Crippen molar-refractivity contribution in [2.75, 3.05) is 12.3 Å². The van der Waals surface area contributed by atoms with Gasteiger partial charge in [0.1, 0.15) is 6.33 Å². The lowest BCUT2D eigenvalue weighted by Crippen LogP contribution is -2.29. The zero-order valence-corrected chi connectivity index (χ0v) is 17.8. The summed E-state index contributed by atoms with van der Waals surface area (Å²) in [5.41, 5.74) is 2.90. The molecule has 0 fully saturated rings. The highest BCUT2D eigenvalue weighted by Gasteiger charge is 2.13. The summed E-state index contributed by atoms with van der Waals surface area (Å²) in [6.45, 7) is 4.43. The number of carbonyl (C=O) groups is 1. The lowest BCUT2D eigenvalue weighted by Gasteiger charge is -2.12. The van der Waals surface area contributed by atoms with Crippen molar-refractivity contribution in [2.24, 2.45) is 0 Å². The summed E-state index contributed by atoms with van der Waals surface area (Å²) in [7, 11) is 0. The lowest BCUT2D eigenvalue weighted by atomic mass is 10.0. The van der Waals surface area contributed by atoms with Crippen LogP contribution in [0.5, 0.6) is 0 Å². The second-order valence-electron chi connectivity index (χ2n) is 6.89. The Morgan fingerprint density at radius 3 is 2.45 bits per heavy atom. The van der Waals surface area contributed by atoms with Crippen LogP contribution in [-0.4, -0.2) is 38.1 Å². The molecule has 3 rings (SSSR count). The number of nitrogens with one attached hydrogen (secondary N) is 1. The van der Waals surface area contributed by atoms with Gasteiger partial charge in [-0.3, -0.25) is 9.36 Å². The van der Waals surface area contributed by atoms with Crippen LogP contribution in [0.2, 0.25) is 5.02 Å². The Morgan fingerprint density at radius 1 is 1.14 bits per heavy atom. The van der Waals surface area contributed by atoms with Crippen LogP contribution in [0.3, 0.4) is 0 Å². The third-order valence-corrected chi connectivity index (χ3v) is 5.63. The first-order chi connectivity index (χ1) is 13.9. The van der Waals surface area contributed by atoms with Gasteiger partial charge in [-0.05, 0) is 41.3 Å². The van der Waals surface area contributed by atoms with Crippen LogP contribution in [0.4, 0.5) is 0 Å². The van der Waals surface area contributed by atoms with Crippen LogP contribution in [0.25, 0.3) is 5.69 Å². The minimum atomic E-state index is -0.788. The Bertz CT molecular complexity index is 942. The van der Waals surface area contributed by atoms with E-state index in [1.807, 2.05) is 16.7 Å². The molecule has 6 nitrogen and oxygen atoms in total. The number of thioether (sulfide) groups is 1. The van der Waals surface area contributed by atoms with Crippen LogP contribution in [0.15, 0.2) is 60.0 Å². The van der Waals surface area contributed by atoms with Crippen LogP contribution in [0, 0.1) is 0 Å². The van der Waals surface area contributed by atoms with Gasteiger partial charge in [0.25, 0.3) is 0 Å². The van der Waals surface area contributed by atoms with E-state index in [4.69, 9.17) is 11.6 Å². The molecule has 1 amide bonds. The van der Waals surface area contributed by atoms with Crippen molar-refractivity contribution in [2.45, 2.75) is 31.0 Å². The number of benzene rings is 2. The normalized spacial score (nSPS) is 12.2. The first-order valence-electron chi connectivity index (χ1n) is 9.27. The van der Waals surface area contributed by atoms with Crippen molar-refractivity contribution in [3.8, 4) is 5.69 Å². The Morgan fingerprint density at radius 2 is 1.79 bits per heavy atom. The zero-order valence-electron chi connectivity index (χ0n) is 16.2. The number of amides is 1. The van der Waals surface area contributed by atoms with E-state index in [2.05, 4.69) is 41.5 Å². The molecule has 0 bridgehead atoms. The van der Waals surface area contributed by atoms with Crippen LogP contribution in [0.1, 0.15) is 37.0 Å². The van der Waals surface area contributed by atoms with Crippen LogP contribution < -0.4 is 5.32 Å². The fraction of sp³-hybridized carbons (Fsp3) is 0.286. The molecule has 1 unspecified atom stereocenters. The Hall–Kier alpha value is -2.35. The number of halogens is 1. The predicted octanol–water partition coefficient (Wildman–Crippen LogP) is 3.99. The highest BCUT2D eigenvalue weighted by Crippen LogP contribution is 2.22. The Kier molecular flexibility index (Phi) is 7.30. The van der Waals surface area contributed by atoms with Gasteiger partial charge in [0.15, 0.2) is 5.16 Å². The molecule has 1 aromatic heterocycles. The third kappa shape index (κ3) is 5.82. The molecule has 2 aromatic carbocycles. The topological polar surface area (TPSA) is 80.0 Å². The maximum atomic E-state index is 12.2. The molecule has 1 heterocycles. The van der Waals surface area contributed by atoms with Gasteiger partial charge in [-0.1, -0.05) is 61.5 Å². The number of aromatic nitrogens is 3. The smallest absolute Gasteiger partial charge is 0.230 e. The predicted molar refractivity (Wildman–Crippen MR) is 116 cm³/mol. The van der Waals surface area contributed by atoms with Crippen molar-refractivity contribution in [3.63, 3.8) is 0 Å². The zero-order chi connectivity index (χ0) is 20.8. The molecule has 152 valence electrons. The van der Waals surface area contributed by atoms with E-state index in [-0.39, 0.29) is 18.2 Å². The van der Waals surface area contributed by atoms with Gasteiger partial charge >= 0.3 is 0 Å². The monoisotopic (exact) mass is 430 g/mol. The highest BCUT2D eigenvalue weighted by atomic mass is 35.5. The van der Waals surface area contributed by atoms with Gasteiger partial charge in [-0.25, -0.2) is 0 Å². The number of carbonyl (C=O) groups excluding carboxylic acids is 1. The van der Waals surface area contributed by atoms with E-state index in [1.54, 1.807) is 30.6 Å². The molecule has 0 saturated heterocycles. The number of hydrogen-bond acceptors (Lipinski definition) is 5. The highest BCUT2D eigenvalue weighted by molar-refractivity contribution is 7.99. The van der Waals surface area contributed by atoms with Gasteiger partial charge in [0.05, 0.1) is 11.9 Å². The quantitative estimate of drug-likeness (QED) is 0.528. The third-order valence-electron chi connectivity index (χ3n) is 4.43. The fourth-order valence-corrected chi connectivity index (χ4v) is 3.60. The van der Waals surface area contributed by atoms with Crippen molar-refractivity contribution in [1.29, 1.82) is 0 Å². The maximum absolute atomic E-state index is 12.2. The molecular formula is C21H23ClN4O2S. The summed E-state index contributed by atoms with van der Waals surface area (Å²) in [6, 6.07) is 15.1. The molecule has 0 spiro atoms. The number of hydrogen-bond donors (Lipinski definition) is 2. The standard InChI is InChI=1S/C21H23ClN4O2S/c1-14(2)15-5-9-18(10-6-15)26-13-24-25-21(26)29-12-20(28)23-11-19(27)16-3-7-17(22)8-4-16/h3-10,13-14,19,27H,11-12H2,1-2H3,(H,23,28). The molecule has 0 saturated carbocycles. The minimum Gasteiger partial charge on any atom is -0.387 e. The average Bonchev–Trinajstić information content (AvgIpc) is 3.19. The summed E-state index contributed by atoms with van der Waals surface area (Å²) in [6.07, 6.45) is 0.846. The van der Waals surface area contributed by atoms with Gasteiger partial charge in [0, 0.05) is 17.3 Å². The number of nitrogens with zero attached hydrogens (tertiary/aromatic N) is 3. The lowest BCUT2D eigenvalue weighted by molar-refractivity contribution is -0.119. The van der Waals surface area contributed by atoms with Gasteiger partial charge in [-0.15, -0.1) is 10.2 Å². The van der Waals surface area contributed by atoms with Crippen molar-refractivity contribution in [1.82, 2.24) is 20.1 Å². The van der Waals surface area contributed by atoms with E-state index >= 15 is 0 Å². The molecular weight excluding hydrogens is 408 g/mol. The molecule has 1 atom stereocenters. The first-order valence-corrected chi connectivity index (χ1v) is 10.6. The van der Waals surface area contributed by atoms with Crippen molar-refractivity contribution in [3.05, 3.63) is 71.0 Å². The summed E-state index contributed by atoms with van der Waals surface area (Å²) < 4.78 is 1.85. The Labute approximate surface area is 179 Å². The van der Waals surface area contributed by atoms with Crippen LogP contribution >= 0.6 is 23.4 Å². The number of aliphatic hydroxyl groups excluding tert-OH is 1. The second-order valence-corrected chi connectivity index (χ2v) is 8.27. The summed E-state index contributed by atoms with van der Waals surface area (Å²) in [5.74, 6) is 0.453. The second kappa shape index (κ2) is 9.91. The molecule has 2 N–H and O–H groups in total. The molecule has 0 aliphatic heterocycles. The fourth-order valence-electron chi connectivity index (χ4n) is 2.71. The molecule has 0 radical (unpaired) electrons. The van der Waals surface area contributed by atoms with Crippen molar-refractivity contribution >= 4 is 29.3 Å². The molecule has 8 heteroatoms. The first kappa shape index (κ1) is 21.4. The van der Waals surface area contributed by atoms with E-state index in [0.29, 0.717) is 21.7 Å². The molecule has 0 aliphatic carbocycles. The number of aliphatic hydroxyl groups is 1. The van der Waals surface area contributed by atoms with E-state index in [9.17, 15) is 9.90 Å². The van der Waals surface area contributed by atoms with E-state index < -0.39 is 6.10 Å². The minimum absolute atomic E-state index is 0.129. The SMILES string of the molecule is CC(C)c1ccc(-n2cnnc2SCC(=O)NCC(O)c2ccc(Cl)cc2)cc1. The summed E-state index contributed by atoms with van der Waals surface area (Å²) in [5, 5.41) is 22.2. The van der Waals surface area contributed by atoms with Gasteiger partial charge < -0.3 is 10.4 Å². The van der Waals surface area contributed by atoms with E-state index in [0.717, 1.165) is 5.69 Å². The average molecular weight is 431 g/mol. The van der Waals surface area contributed by atoms with Crippen LogP contribution in [-0.2, 0) is 4.79 Å². The molecule has 0 aliphatic rings. The largest absolute Gasteiger partial charge is 0.387 e. The van der Waals surface area contributed by atoms with Gasteiger partial charge in [0.2, 0.25) is 5.91 Å². The summed E-state index contributed by atoms with van der Waals surface area (Å²) in [4.78, 5) is 12.2. The number of rotatable bonds is 8.